The summed E-state index contributed by atoms with van der Waals surface area (Å²) in [6.07, 6.45) is 4.01. The molecular formula is C10H22O3. The molecule has 0 bridgehead atoms. The van der Waals surface area contributed by atoms with Gasteiger partial charge in [0, 0.05) is 6.61 Å². The second-order valence-electron chi connectivity index (χ2n) is 3.42. The van der Waals surface area contributed by atoms with Crippen molar-refractivity contribution in [1.82, 2.24) is 0 Å². The molecule has 0 rings (SSSR count). The highest BCUT2D eigenvalue weighted by Crippen LogP contribution is 2.03. The summed E-state index contributed by atoms with van der Waals surface area (Å²) >= 11 is 0. The molecular weight excluding hydrogens is 168 g/mol. The molecule has 0 amide bonds. The molecule has 80 valence electrons. The van der Waals surface area contributed by atoms with E-state index in [1.807, 2.05) is 0 Å². The van der Waals surface area contributed by atoms with Crippen molar-refractivity contribution in [2.45, 2.75) is 58.3 Å². The maximum absolute atomic E-state index is 9.06. The molecule has 0 fully saturated rings. The summed E-state index contributed by atoms with van der Waals surface area (Å²) in [5, 5.41) is 17.9. The van der Waals surface area contributed by atoms with Crippen LogP contribution in [0.25, 0.3) is 0 Å². The summed E-state index contributed by atoms with van der Waals surface area (Å²) < 4.78 is 4.99. The van der Waals surface area contributed by atoms with Gasteiger partial charge in [0.15, 0.2) is 6.29 Å². The predicted molar refractivity (Wildman–Crippen MR) is 52.4 cm³/mol. The zero-order valence-electron chi connectivity index (χ0n) is 8.70. The van der Waals surface area contributed by atoms with Crippen molar-refractivity contribution in [3.8, 4) is 0 Å². The lowest BCUT2D eigenvalue weighted by Gasteiger charge is -2.13. The fraction of sp³-hybridized carbons (Fsp3) is 1.00. The van der Waals surface area contributed by atoms with E-state index in [0.717, 1.165) is 12.8 Å². The number of hydrogen-bond acceptors (Lipinski definition) is 3. The monoisotopic (exact) mass is 190 g/mol. The van der Waals surface area contributed by atoms with E-state index < -0.39 is 12.4 Å². The van der Waals surface area contributed by atoms with Crippen molar-refractivity contribution >= 4 is 0 Å². The largest absolute Gasteiger partial charge is 0.388 e. The first-order valence-corrected chi connectivity index (χ1v) is 5.16. The minimum atomic E-state index is -1.02. The van der Waals surface area contributed by atoms with E-state index in [1.165, 1.54) is 26.2 Å². The number of aliphatic hydroxyl groups excluding tert-OH is 2. The van der Waals surface area contributed by atoms with E-state index in [4.69, 9.17) is 14.9 Å². The van der Waals surface area contributed by atoms with Crippen molar-refractivity contribution in [1.29, 1.82) is 0 Å². The van der Waals surface area contributed by atoms with E-state index in [0.29, 0.717) is 6.61 Å². The van der Waals surface area contributed by atoms with E-state index in [9.17, 15) is 0 Å². The van der Waals surface area contributed by atoms with Crippen LogP contribution in [0, 0.1) is 0 Å². The Morgan fingerprint density at radius 3 is 2.23 bits per heavy atom. The minimum absolute atomic E-state index is 0.537. The van der Waals surface area contributed by atoms with E-state index >= 15 is 0 Å². The topological polar surface area (TPSA) is 49.7 Å². The van der Waals surface area contributed by atoms with Crippen molar-refractivity contribution in [3.63, 3.8) is 0 Å². The van der Waals surface area contributed by atoms with Gasteiger partial charge in [-0.1, -0.05) is 32.6 Å². The molecule has 0 saturated heterocycles. The number of unbranched alkanes of at least 4 members (excludes halogenated alkanes) is 4. The standard InChI is InChI=1S/C10H22O3/c1-3-4-5-6-7-8-13-10(12)9(2)11/h9-12H,3-8H2,1-2H3. The van der Waals surface area contributed by atoms with Gasteiger partial charge in [-0.25, -0.2) is 0 Å². The van der Waals surface area contributed by atoms with Gasteiger partial charge in [0.25, 0.3) is 0 Å². The lowest BCUT2D eigenvalue weighted by molar-refractivity contribution is -0.156. The van der Waals surface area contributed by atoms with Gasteiger partial charge in [-0.05, 0) is 13.3 Å². The molecule has 0 aromatic carbocycles. The molecule has 0 spiro atoms. The molecule has 0 aromatic rings. The normalized spacial score (nSPS) is 15.7. The highest BCUT2D eigenvalue weighted by molar-refractivity contribution is 4.49. The quantitative estimate of drug-likeness (QED) is 0.452. The second-order valence-corrected chi connectivity index (χ2v) is 3.42. The van der Waals surface area contributed by atoms with Gasteiger partial charge in [-0.3, -0.25) is 0 Å². The molecule has 0 aromatic heterocycles. The van der Waals surface area contributed by atoms with Crippen LogP contribution in [0.5, 0.6) is 0 Å². The fourth-order valence-electron chi connectivity index (χ4n) is 1.05. The van der Waals surface area contributed by atoms with Crippen LogP contribution in [-0.4, -0.2) is 29.2 Å². The highest BCUT2D eigenvalue weighted by Gasteiger charge is 2.09. The van der Waals surface area contributed by atoms with Crippen LogP contribution >= 0.6 is 0 Å². The third-order valence-corrected chi connectivity index (χ3v) is 1.95. The Kier molecular flexibility index (Phi) is 8.40. The molecule has 0 heterocycles. The Morgan fingerprint density at radius 2 is 1.69 bits per heavy atom. The molecule has 0 aliphatic rings. The summed E-state index contributed by atoms with van der Waals surface area (Å²) in [6, 6.07) is 0. The number of aliphatic hydroxyl groups is 2. The van der Waals surface area contributed by atoms with Crippen LogP contribution in [0.3, 0.4) is 0 Å². The zero-order chi connectivity index (χ0) is 10.1. The van der Waals surface area contributed by atoms with Gasteiger partial charge in [-0.2, -0.15) is 0 Å². The Hall–Kier alpha value is -0.120. The molecule has 2 N–H and O–H groups in total. The fourth-order valence-corrected chi connectivity index (χ4v) is 1.05. The average molecular weight is 190 g/mol. The lowest BCUT2D eigenvalue weighted by Crippen LogP contribution is -2.26. The van der Waals surface area contributed by atoms with Crippen LogP contribution in [0.4, 0.5) is 0 Å². The molecule has 2 atom stereocenters. The Morgan fingerprint density at radius 1 is 1.08 bits per heavy atom. The third-order valence-electron chi connectivity index (χ3n) is 1.95. The summed E-state index contributed by atoms with van der Waals surface area (Å²) in [7, 11) is 0. The molecule has 3 heteroatoms. The van der Waals surface area contributed by atoms with Gasteiger partial charge in [0.05, 0.1) is 0 Å². The lowest BCUT2D eigenvalue weighted by atomic mass is 10.2. The number of ether oxygens (including phenoxy) is 1. The Balaban J connectivity index is 3.07. The molecule has 3 nitrogen and oxygen atoms in total. The summed E-state index contributed by atoms with van der Waals surface area (Å²) in [6.45, 7) is 4.23. The summed E-state index contributed by atoms with van der Waals surface area (Å²) in [5.41, 5.74) is 0. The van der Waals surface area contributed by atoms with Crippen LogP contribution in [0.1, 0.15) is 46.0 Å². The van der Waals surface area contributed by atoms with Crippen molar-refractivity contribution < 1.29 is 14.9 Å². The first-order valence-electron chi connectivity index (χ1n) is 5.16. The Labute approximate surface area is 80.7 Å². The van der Waals surface area contributed by atoms with E-state index in [-0.39, 0.29) is 0 Å². The van der Waals surface area contributed by atoms with Crippen LogP contribution in [-0.2, 0) is 4.74 Å². The maximum Gasteiger partial charge on any atom is 0.180 e. The minimum Gasteiger partial charge on any atom is -0.388 e. The van der Waals surface area contributed by atoms with E-state index in [1.54, 1.807) is 0 Å². The molecule has 13 heavy (non-hydrogen) atoms. The summed E-state index contributed by atoms with van der Waals surface area (Å²) in [4.78, 5) is 0. The first-order chi connectivity index (χ1) is 6.18. The van der Waals surface area contributed by atoms with Gasteiger partial charge in [0.1, 0.15) is 6.10 Å². The number of rotatable bonds is 8. The molecule has 0 saturated carbocycles. The third kappa shape index (κ3) is 8.22. The predicted octanol–water partition coefficient (Wildman–Crippen LogP) is 1.67. The molecule has 2 unspecified atom stereocenters. The van der Waals surface area contributed by atoms with Gasteiger partial charge in [-0.15, -0.1) is 0 Å². The van der Waals surface area contributed by atoms with Crippen molar-refractivity contribution in [2.75, 3.05) is 6.61 Å². The highest BCUT2D eigenvalue weighted by atomic mass is 16.6. The van der Waals surface area contributed by atoms with Crippen molar-refractivity contribution in [3.05, 3.63) is 0 Å². The molecule has 0 radical (unpaired) electrons. The van der Waals surface area contributed by atoms with Crippen molar-refractivity contribution in [2.24, 2.45) is 0 Å². The SMILES string of the molecule is CCCCCCCOC(O)C(C)O. The van der Waals surface area contributed by atoms with Gasteiger partial charge in [0.2, 0.25) is 0 Å². The van der Waals surface area contributed by atoms with Gasteiger partial charge < -0.3 is 14.9 Å². The second kappa shape index (κ2) is 8.48. The van der Waals surface area contributed by atoms with Crippen LogP contribution < -0.4 is 0 Å². The van der Waals surface area contributed by atoms with Crippen LogP contribution in [0.2, 0.25) is 0 Å². The van der Waals surface area contributed by atoms with Gasteiger partial charge >= 0.3 is 0 Å². The number of hydrogen-bond donors (Lipinski definition) is 2. The first kappa shape index (κ1) is 12.9. The zero-order valence-corrected chi connectivity index (χ0v) is 8.70. The van der Waals surface area contributed by atoms with E-state index in [2.05, 4.69) is 6.92 Å². The summed E-state index contributed by atoms with van der Waals surface area (Å²) in [5.74, 6) is 0. The molecule has 0 aliphatic carbocycles. The van der Waals surface area contributed by atoms with Crippen LogP contribution in [0.15, 0.2) is 0 Å². The smallest absolute Gasteiger partial charge is 0.180 e. The average Bonchev–Trinajstić information content (AvgIpc) is 2.10. The Bertz CT molecular complexity index is 104. The maximum atomic E-state index is 9.06. The molecule has 0 aliphatic heterocycles.